The van der Waals surface area contributed by atoms with Crippen molar-refractivity contribution in [2.45, 2.75) is 38.5 Å². The van der Waals surface area contributed by atoms with Crippen LogP contribution >= 0.6 is 0 Å². The summed E-state index contributed by atoms with van der Waals surface area (Å²) in [4.78, 5) is 10.1. The molecule has 0 bridgehead atoms. The summed E-state index contributed by atoms with van der Waals surface area (Å²) in [5.41, 5.74) is 1.36. The van der Waals surface area contributed by atoms with E-state index >= 15 is 0 Å². The molecule has 0 spiro atoms. The zero-order valence-electron chi connectivity index (χ0n) is 9.95. The van der Waals surface area contributed by atoms with Crippen LogP contribution in [0.1, 0.15) is 37.7 Å². The molecule has 0 saturated heterocycles. The number of carbonyl (C=O) groups is 1. The summed E-state index contributed by atoms with van der Waals surface area (Å²) in [6.07, 6.45) is 7.43. The van der Waals surface area contributed by atoms with E-state index < -0.39 is 0 Å². The van der Waals surface area contributed by atoms with Crippen molar-refractivity contribution in [2.75, 3.05) is 7.11 Å². The lowest BCUT2D eigenvalue weighted by Gasteiger charge is -2.03. The summed E-state index contributed by atoms with van der Waals surface area (Å²) in [7, 11) is 1.68. The van der Waals surface area contributed by atoms with Gasteiger partial charge in [0, 0.05) is 6.42 Å². The third kappa shape index (κ3) is 4.96. The number of methoxy groups -OCH3 is 1. The molecule has 0 saturated carbocycles. The van der Waals surface area contributed by atoms with Crippen molar-refractivity contribution in [1.82, 2.24) is 0 Å². The molecule has 0 amide bonds. The van der Waals surface area contributed by atoms with Gasteiger partial charge in [0.15, 0.2) is 0 Å². The van der Waals surface area contributed by atoms with Gasteiger partial charge in [0.25, 0.3) is 0 Å². The minimum atomic E-state index is 0.711. The van der Waals surface area contributed by atoms with Crippen LogP contribution in [0.4, 0.5) is 0 Å². The third-order valence-electron chi connectivity index (χ3n) is 2.70. The van der Waals surface area contributed by atoms with E-state index in [1.807, 2.05) is 12.1 Å². The molecule has 0 aliphatic heterocycles. The Morgan fingerprint density at radius 1 is 1.06 bits per heavy atom. The lowest BCUT2D eigenvalue weighted by molar-refractivity contribution is -0.107. The molecule has 1 rings (SSSR count). The van der Waals surface area contributed by atoms with E-state index in [2.05, 4.69) is 12.1 Å². The van der Waals surface area contributed by atoms with Crippen LogP contribution in [-0.2, 0) is 11.2 Å². The van der Waals surface area contributed by atoms with Crippen LogP contribution in [0.5, 0.6) is 5.75 Å². The summed E-state index contributed by atoms with van der Waals surface area (Å²) in [5, 5.41) is 0. The van der Waals surface area contributed by atoms with Gasteiger partial charge < -0.3 is 9.53 Å². The largest absolute Gasteiger partial charge is 0.497 e. The van der Waals surface area contributed by atoms with Crippen molar-refractivity contribution in [1.29, 1.82) is 0 Å². The summed E-state index contributed by atoms with van der Waals surface area (Å²) in [5.74, 6) is 0.912. The molecule has 0 radical (unpaired) electrons. The molecule has 0 fully saturated rings. The molecular formula is C14H20O2. The van der Waals surface area contributed by atoms with Gasteiger partial charge in [-0.15, -0.1) is 0 Å². The average Bonchev–Trinajstić information content (AvgIpc) is 2.34. The first-order valence-electron chi connectivity index (χ1n) is 5.93. The fourth-order valence-electron chi connectivity index (χ4n) is 1.70. The molecule has 2 nitrogen and oxygen atoms in total. The van der Waals surface area contributed by atoms with Crippen molar-refractivity contribution in [3.05, 3.63) is 29.8 Å². The second-order valence-corrected chi connectivity index (χ2v) is 3.97. The molecule has 0 N–H and O–H groups in total. The van der Waals surface area contributed by atoms with Gasteiger partial charge in [0.1, 0.15) is 12.0 Å². The Morgan fingerprint density at radius 2 is 1.75 bits per heavy atom. The molecule has 0 atom stereocenters. The maximum atomic E-state index is 10.1. The van der Waals surface area contributed by atoms with Gasteiger partial charge in [-0.05, 0) is 37.0 Å². The number of ether oxygens (including phenoxy) is 1. The zero-order valence-corrected chi connectivity index (χ0v) is 9.95. The van der Waals surface area contributed by atoms with E-state index in [0.717, 1.165) is 31.3 Å². The van der Waals surface area contributed by atoms with Crippen LogP contribution in [-0.4, -0.2) is 13.4 Å². The Labute approximate surface area is 97.6 Å². The van der Waals surface area contributed by atoms with Crippen molar-refractivity contribution in [3.8, 4) is 5.75 Å². The number of benzene rings is 1. The van der Waals surface area contributed by atoms with Gasteiger partial charge >= 0.3 is 0 Å². The van der Waals surface area contributed by atoms with Gasteiger partial charge in [-0.3, -0.25) is 0 Å². The average molecular weight is 220 g/mol. The van der Waals surface area contributed by atoms with E-state index in [1.54, 1.807) is 7.11 Å². The Morgan fingerprint density at radius 3 is 2.38 bits per heavy atom. The molecule has 1 aromatic rings. The van der Waals surface area contributed by atoms with Crippen LogP contribution in [0.2, 0.25) is 0 Å². The first-order chi connectivity index (χ1) is 7.86. The van der Waals surface area contributed by atoms with Gasteiger partial charge in [0.2, 0.25) is 0 Å². The molecule has 16 heavy (non-hydrogen) atoms. The lowest BCUT2D eigenvalue weighted by Crippen LogP contribution is -1.88. The van der Waals surface area contributed by atoms with Crippen molar-refractivity contribution in [2.24, 2.45) is 0 Å². The maximum absolute atomic E-state index is 10.1. The predicted molar refractivity (Wildman–Crippen MR) is 65.8 cm³/mol. The standard InChI is InChI=1S/C14H20O2/c1-16-14-10-8-13(9-11-14)7-5-3-2-4-6-12-15/h8-12H,2-7H2,1H3. The first kappa shape index (κ1) is 12.8. The number of aryl methyl sites for hydroxylation is 1. The van der Waals surface area contributed by atoms with Crippen molar-refractivity contribution >= 4 is 6.29 Å². The Bertz CT molecular complexity index is 290. The molecule has 1 aromatic carbocycles. The van der Waals surface area contributed by atoms with Gasteiger partial charge in [-0.1, -0.05) is 25.0 Å². The van der Waals surface area contributed by atoms with Crippen molar-refractivity contribution in [3.63, 3.8) is 0 Å². The van der Waals surface area contributed by atoms with Crippen LogP contribution in [0.15, 0.2) is 24.3 Å². The molecule has 2 heteroatoms. The minimum Gasteiger partial charge on any atom is -0.497 e. The van der Waals surface area contributed by atoms with E-state index in [-0.39, 0.29) is 0 Å². The second kappa shape index (κ2) is 7.91. The smallest absolute Gasteiger partial charge is 0.119 e. The number of rotatable bonds is 8. The van der Waals surface area contributed by atoms with Gasteiger partial charge in [-0.2, -0.15) is 0 Å². The lowest BCUT2D eigenvalue weighted by atomic mass is 10.1. The van der Waals surface area contributed by atoms with Gasteiger partial charge in [-0.25, -0.2) is 0 Å². The number of carbonyl (C=O) groups excluding carboxylic acids is 1. The Kier molecular flexibility index (Phi) is 6.31. The molecule has 0 unspecified atom stereocenters. The quantitative estimate of drug-likeness (QED) is 0.496. The molecule has 0 heterocycles. The fraction of sp³-hybridized carbons (Fsp3) is 0.500. The van der Waals surface area contributed by atoms with Crippen LogP contribution < -0.4 is 4.74 Å². The highest BCUT2D eigenvalue weighted by Gasteiger charge is 1.95. The molecule has 0 aliphatic carbocycles. The Hall–Kier alpha value is -1.31. The van der Waals surface area contributed by atoms with Crippen LogP contribution in [0.25, 0.3) is 0 Å². The number of unbranched alkanes of at least 4 members (excludes halogenated alkanes) is 4. The number of aldehydes is 1. The number of hydrogen-bond donors (Lipinski definition) is 0. The minimum absolute atomic E-state index is 0.711. The van der Waals surface area contributed by atoms with E-state index in [1.165, 1.54) is 18.4 Å². The summed E-state index contributed by atoms with van der Waals surface area (Å²) in [6, 6.07) is 8.23. The van der Waals surface area contributed by atoms with E-state index in [9.17, 15) is 4.79 Å². The SMILES string of the molecule is COc1ccc(CCCCCCC=O)cc1. The monoisotopic (exact) mass is 220 g/mol. The van der Waals surface area contributed by atoms with Crippen LogP contribution in [0, 0.1) is 0 Å². The van der Waals surface area contributed by atoms with Crippen LogP contribution in [0.3, 0.4) is 0 Å². The summed E-state index contributed by atoms with van der Waals surface area (Å²) < 4.78 is 5.11. The Balaban J connectivity index is 2.14. The molecule has 0 aliphatic rings. The highest BCUT2D eigenvalue weighted by Crippen LogP contribution is 2.14. The fourth-order valence-corrected chi connectivity index (χ4v) is 1.70. The highest BCUT2D eigenvalue weighted by molar-refractivity contribution is 5.48. The van der Waals surface area contributed by atoms with E-state index in [0.29, 0.717) is 6.42 Å². The molecular weight excluding hydrogens is 200 g/mol. The second-order valence-electron chi connectivity index (χ2n) is 3.97. The highest BCUT2D eigenvalue weighted by atomic mass is 16.5. The number of hydrogen-bond acceptors (Lipinski definition) is 2. The van der Waals surface area contributed by atoms with E-state index in [4.69, 9.17) is 4.74 Å². The third-order valence-corrected chi connectivity index (χ3v) is 2.70. The van der Waals surface area contributed by atoms with Gasteiger partial charge in [0.05, 0.1) is 7.11 Å². The molecule has 0 aromatic heterocycles. The zero-order chi connectivity index (χ0) is 11.6. The topological polar surface area (TPSA) is 26.3 Å². The maximum Gasteiger partial charge on any atom is 0.119 e. The summed E-state index contributed by atoms with van der Waals surface area (Å²) in [6.45, 7) is 0. The first-order valence-corrected chi connectivity index (χ1v) is 5.93. The summed E-state index contributed by atoms with van der Waals surface area (Å²) >= 11 is 0. The van der Waals surface area contributed by atoms with Crippen molar-refractivity contribution < 1.29 is 9.53 Å². The normalized spacial score (nSPS) is 10.1. The predicted octanol–water partition coefficient (Wildman–Crippen LogP) is 3.39. The molecule has 88 valence electrons.